The van der Waals surface area contributed by atoms with Gasteiger partial charge in [0.2, 0.25) is 5.91 Å². The topological polar surface area (TPSA) is 59.1 Å². The molecule has 1 aliphatic heterocycles. The molecule has 0 aliphatic carbocycles. The van der Waals surface area contributed by atoms with Gasteiger partial charge < -0.3 is 19.3 Å². The van der Waals surface area contributed by atoms with Crippen molar-refractivity contribution in [2.45, 2.75) is 12.7 Å². The lowest BCUT2D eigenvalue weighted by molar-refractivity contribution is -0.139. The average molecular weight is 481 g/mol. The Morgan fingerprint density at radius 3 is 1.83 bits per heavy atom. The van der Waals surface area contributed by atoms with Crippen molar-refractivity contribution >= 4 is 11.8 Å². The normalized spacial score (nSPS) is 13.8. The number of ether oxygens (including phenoxy) is 2. The number of halogens is 2. The molecule has 2 amide bonds. The molecule has 0 aromatic heterocycles. The van der Waals surface area contributed by atoms with E-state index in [1.54, 1.807) is 11.0 Å². The highest BCUT2D eigenvalue weighted by Gasteiger charge is 2.27. The molecule has 182 valence electrons. The Morgan fingerprint density at radius 2 is 1.26 bits per heavy atom. The van der Waals surface area contributed by atoms with E-state index < -0.39 is 12.5 Å². The van der Waals surface area contributed by atoms with E-state index in [4.69, 9.17) is 4.74 Å². The fourth-order valence-corrected chi connectivity index (χ4v) is 4.06. The van der Waals surface area contributed by atoms with Crippen LogP contribution in [0.4, 0.5) is 8.78 Å². The smallest absolute Gasteiger partial charge is 0.387 e. The second kappa shape index (κ2) is 11.6. The fraction of sp³-hybridized carbons (Fsp3) is 0.259. The Morgan fingerprint density at radius 1 is 0.743 bits per heavy atom. The van der Waals surface area contributed by atoms with Gasteiger partial charge in [0.15, 0.2) is 0 Å². The summed E-state index contributed by atoms with van der Waals surface area (Å²) in [6, 6.07) is 25.3. The maximum absolute atomic E-state index is 12.9. The second-order valence-corrected chi connectivity index (χ2v) is 8.06. The minimum Gasteiger partial charge on any atom is -0.434 e. The van der Waals surface area contributed by atoms with E-state index in [-0.39, 0.29) is 43.0 Å². The predicted molar refractivity (Wildman–Crippen MR) is 126 cm³/mol. The molecule has 1 fully saturated rings. The number of benzene rings is 3. The molecule has 35 heavy (non-hydrogen) atoms. The number of para-hydroxylation sites is 1. The maximum atomic E-state index is 12.9. The van der Waals surface area contributed by atoms with Gasteiger partial charge in [-0.05, 0) is 23.3 Å². The van der Waals surface area contributed by atoms with Crippen molar-refractivity contribution < 1.29 is 27.8 Å². The summed E-state index contributed by atoms with van der Waals surface area (Å²) >= 11 is 0. The van der Waals surface area contributed by atoms with Crippen LogP contribution in [0.1, 0.15) is 27.6 Å². The van der Waals surface area contributed by atoms with Crippen molar-refractivity contribution in [2.24, 2.45) is 0 Å². The third kappa shape index (κ3) is 6.22. The SMILES string of the molecule is O=C(COC(c1ccccc1)c1ccccc1)N1CCN(C(=O)c2ccccc2OC(F)F)CC1. The predicted octanol–water partition coefficient (Wildman–Crippen LogP) is 4.38. The highest BCUT2D eigenvalue weighted by atomic mass is 19.3. The van der Waals surface area contributed by atoms with Crippen LogP contribution in [-0.2, 0) is 9.53 Å². The Labute approximate surface area is 202 Å². The molecule has 1 heterocycles. The highest BCUT2D eigenvalue weighted by molar-refractivity contribution is 5.97. The summed E-state index contributed by atoms with van der Waals surface area (Å²) in [6.45, 7) is -1.90. The average Bonchev–Trinajstić information content (AvgIpc) is 2.89. The molecule has 8 heteroatoms. The van der Waals surface area contributed by atoms with E-state index in [9.17, 15) is 18.4 Å². The largest absolute Gasteiger partial charge is 0.434 e. The van der Waals surface area contributed by atoms with Gasteiger partial charge in [-0.3, -0.25) is 9.59 Å². The number of alkyl halides is 2. The van der Waals surface area contributed by atoms with Crippen molar-refractivity contribution in [1.82, 2.24) is 9.80 Å². The first-order valence-corrected chi connectivity index (χ1v) is 11.4. The van der Waals surface area contributed by atoms with Crippen LogP contribution in [0, 0.1) is 0 Å². The van der Waals surface area contributed by atoms with Crippen molar-refractivity contribution in [1.29, 1.82) is 0 Å². The highest BCUT2D eigenvalue weighted by Crippen LogP contribution is 2.26. The van der Waals surface area contributed by atoms with Crippen LogP contribution in [0.3, 0.4) is 0 Å². The van der Waals surface area contributed by atoms with Crippen LogP contribution in [0.5, 0.6) is 5.75 Å². The van der Waals surface area contributed by atoms with E-state index in [0.29, 0.717) is 13.1 Å². The minimum absolute atomic E-state index is 0.0736. The molecule has 6 nitrogen and oxygen atoms in total. The summed E-state index contributed by atoms with van der Waals surface area (Å²) in [5, 5.41) is 0. The Balaban J connectivity index is 1.35. The van der Waals surface area contributed by atoms with Gasteiger partial charge in [-0.1, -0.05) is 72.8 Å². The Bertz CT molecular complexity index is 1080. The number of carbonyl (C=O) groups is 2. The monoisotopic (exact) mass is 480 g/mol. The summed E-state index contributed by atoms with van der Waals surface area (Å²) in [4.78, 5) is 28.9. The number of hydrogen-bond donors (Lipinski definition) is 0. The number of piperazine rings is 1. The zero-order chi connectivity index (χ0) is 24.6. The molecule has 0 N–H and O–H groups in total. The first-order valence-electron chi connectivity index (χ1n) is 11.4. The zero-order valence-corrected chi connectivity index (χ0v) is 19.1. The molecule has 0 bridgehead atoms. The number of carbonyl (C=O) groups excluding carboxylic acids is 2. The molecular formula is C27H26F2N2O4. The molecule has 0 unspecified atom stereocenters. The number of hydrogen-bond acceptors (Lipinski definition) is 4. The van der Waals surface area contributed by atoms with Gasteiger partial charge in [-0.2, -0.15) is 8.78 Å². The van der Waals surface area contributed by atoms with E-state index >= 15 is 0 Å². The molecular weight excluding hydrogens is 454 g/mol. The molecule has 3 aromatic rings. The van der Waals surface area contributed by atoms with Crippen LogP contribution in [0.15, 0.2) is 84.9 Å². The molecule has 1 aliphatic rings. The van der Waals surface area contributed by atoms with E-state index in [2.05, 4.69) is 4.74 Å². The Kier molecular flexibility index (Phi) is 8.05. The molecule has 0 saturated carbocycles. The van der Waals surface area contributed by atoms with Gasteiger partial charge in [0.05, 0.1) is 5.56 Å². The maximum Gasteiger partial charge on any atom is 0.387 e. The van der Waals surface area contributed by atoms with Gasteiger partial charge in [-0.15, -0.1) is 0 Å². The zero-order valence-electron chi connectivity index (χ0n) is 19.1. The number of amides is 2. The van der Waals surface area contributed by atoms with Crippen LogP contribution in [0.25, 0.3) is 0 Å². The standard InChI is InChI=1S/C27H26F2N2O4/c28-27(29)35-23-14-8-7-13-22(23)26(33)31-17-15-30(16-18-31)24(32)19-34-25(20-9-3-1-4-10-20)21-11-5-2-6-12-21/h1-14,25,27H,15-19H2. The molecule has 4 rings (SSSR count). The fourth-order valence-electron chi connectivity index (χ4n) is 4.06. The molecule has 3 aromatic carbocycles. The third-order valence-corrected chi connectivity index (χ3v) is 5.83. The van der Waals surface area contributed by atoms with E-state index in [0.717, 1.165) is 11.1 Å². The summed E-state index contributed by atoms with van der Waals surface area (Å²) in [5.74, 6) is -0.736. The van der Waals surface area contributed by atoms with E-state index in [1.807, 2.05) is 60.7 Å². The third-order valence-electron chi connectivity index (χ3n) is 5.83. The van der Waals surface area contributed by atoms with Crippen molar-refractivity contribution in [2.75, 3.05) is 32.8 Å². The molecule has 0 spiro atoms. The van der Waals surface area contributed by atoms with Gasteiger partial charge in [-0.25, -0.2) is 0 Å². The van der Waals surface area contributed by atoms with Crippen molar-refractivity contribution in [3.63, 3.8) is 0 Å². The lowest BCUT2D eigenvalue weighted by Crippen LogP contribution is -2.51. The summed E-state index contributed by atoms with van der Waals surface area (Å²) in [7, 11) is 0. The summed E-state index contributed by atoms with van der Waals surface area (Å²) in [5.41, 5.74) is 1.97. The van der Waals surface area contributed by atoms with Crippen LogP contribution < -0.4 is 4.74 Å². The van der Waals surface area contributed by atoms with Crippen LogP contribution in [-0.4, -0.2) is 61.0 Å². The first-order chi connectivity index (χ1) is 17.0. The summed E-state index contributed by atoms with van der Waals surface area (Å²) in [6.07, 6.45) is -0.379. The first kappa shape index (κ1) is 24.3. The van der Waals surface area contributed by atoms with Crippen LogP contribution in [0.2, 0.25) is 0 Å². The van der Waals surface area contributed by atoms with Crippen LogP contribution >= 0.6 is 0 Å². The summed E-state index contributed by atoms with van der Waals surface area (Å²) < 4.78 is 35.9. The number of rotatable bonds is 8. The Hall–Kier alpha value is -3.78. The molecule has 0 atom stereocenters. The van der Waals surface area contributed by atoms with Crippen molar-refractivity contribution in [3.05, 3.63) is 102 Å². The van der Waals surface area contributed by atoms with Crippen molar-refractivity contribution in [3.8, 4) is 5.75 Å². The number of nitrogens with zero attached hydrogens (tertiary/aromatic N) is 2. The van der Waals surface area contributed by atoms with Gasteiger partial charge in [0.25, 0.3) is 5.91 Å². The van der Waals surface area contributed by atoms with E-state index in [1.165, 1.54) is 23.1 Å². The second-order valence-electron chi connectivity index (χ2n) is 8.06. The van der Waals surface area contributed by atoms with Gasteiger partial charge in [0, 0.05) is 26.2 Å². The van der Waals surface area contributed by atoms with Gasteiger partial charge >= 0.3 is 6.61 Å². The van der Waals surface area contributed by atoms with Gasteiger partial charge in [0.1, 0.15) is 18.5 Å². The minimum atomic E-state index is -3.02. The quantitative estimate of drug-likeness (QED) is 0.480. The molecule has 0 radical (unpaired) electrons. The lowest BCUT2D eigenvalue weighted by Gasteiger charge is -2.35. The lowest BCUT2D eigenvalue weighted by atomic mass is 10.0. The molecule has 1 saturated heterocycles.